The molecule has 3 N–H and O–H groups in total. The van der Waals surface area contributed by atoms with E-state index in [-0.39, 0.29) is 11.0 Å². The highest BCUT2D eigenvalue weighted by atomic mass is 32.1. The maximum atomic E-state index is 9.95. The maximum absolute atomic E-state index is 9.95. The van der Waals surface area contributed by atoms with Gasteiger partial charge in [-0.05, 0) is 41.9 Å². The molecule has 0 radical (unpaired) electrons. The van der Waals surface area contributed by atoms with Gasteiger partial charge >= 0.3 is 0 Å². The van der Waals surface area contributed by atoms with Crippen LogP contribution in [0.4, 0.5) is 11.4 Å². The highest BCUT2D eigenvalue weighted by molar-refractivity contribution is 7.80. The predicted octanol–water partition coefficient (Wildman–Crippen LogP) is 5.48. The number of hydrogen-bond acceptors (Lipinski definition) is 3. The molecule has 24 heavy (non-hydrogen) atoms. The maximum Gasteiger partial charge on any atom is 0.218 e. The van der Waals surface area contributed by atoms with Gasteiger partial charge in [0.25, 0.3) is 0 Å². The molecule has 122 valence electrons. The first kappa shape index (κ1) is 16.1. The minimum atomic E-state index is -0.0240. The van der Waals surface area contributed by atoms with Gasteiger partial charge in [-0.25, -0.2) is 0 Å². The minimum Gasteiger partial charge on any atom is -0.493 e. The second kappa shape index (κ2) is 6.80. The van der Waals surface area contributed by atoms with E-state index in [0.717, 1.165) is 16.6 Å². The van der Waals surface area contributed by atoms with Gasteiger partial charge < -0.3 is 15.4 Å². The molecule has 0 aliphatic heterocycles. The number of rotatable bonds is 3. The number of para-hydroxylation sites is 1. The SMILES string of the molecule is CC(C)c1ccc(NC(=S)N=Nc2c(O)[nH]c3ccccc23)cc1. The Kier molecular flexibility index (Phi) is 4.57. The Labute approximate surface area is 145 Å². The minimum absolute atomic E-state index is 0.0240. The molecule has 0 atom stereocenters. The Morgan fingerprint density at radius 2 is 1.83 bits per heavy atom. The third kappa shape index (κ3) is 3.44. The Morgan fingerprint density at radius 1 is 1.12 bits per heavy atom. The average molecular weight is 338 g/mol. The average Bonchev–Trinajstić information content (AvgIpc) is 2.88. The van der Waals surface area contributed by atoms with Gasteiger partial charge in [-0.3, -0.25) is 0 Å². The zero-order valence-corrected chi connectivity index (χ0v) is 14.3. The number of fused-ring (bicyclic) bond motifs is 1. The van der Waals surface area contributed by atoms with Crippen LogP contribution in [-0.4, -0.2) is 15.2 Å². The number of thiocarbonyl (C=S) groups is 1. The Morgan fingerprint density at radius 3 is 2.54 bits per heavy atom. The molecule has 2 aromatic carbocycles. The lowest BCUT2D eigenvalue weighted by Gasteiger charge is -2.07. The molecule has 0 fully saturated rings. The standard InChI is InChI=1S/C18H18N4OS/c1-11(2)12-7-9-13(10-8-12)19-18(24)22-21-16-14-5-3-4-6-15(14)20-17(16)23/h3-11,20,23H,1-2H3,(H,19,24). The molecule has 1 aromatic heterocycles. The summed E-state index contributed by atoms with van der Waals surface area (Å²) in [6.07, 6.45) is 0. The summed E-state index contributed by atoms with van der Waals surface area (Å²) in [6, 6.07) is 15.5. The number of H-pyrrole nitrogens is 1. The van der Waals surface area contributed by atoms with Gasteiger partial charge in [0.2, 0.25) is 11.0 Å². The second-order valence-corrected chi connectivity index (χ2v) is 6.16. The van der Waals surface area contributed by atoms with Gasteiger partial charge in [0.1, 0.15) is 0 Å². The first-order valence-electron chi connectivity index (χ1n) is 7.67. The van der Waals surface area contributed by atoms with E-state index in [4.69, 9.17) is 12.2 Å². The topological polar surface area (TPSA) is 72.8 Å². The molecule has 0 aliphatic carbocycles. The van der Waals surface area contributed by atoms with Crippen LogP contribution in [0.3, 0.4) is 0 Å². The lowest BCUT2D eigenvalue weighted by Crippen LogP contribution is -2.04. The smallest absolute Gasteiger partial charge is 0.218 e. The molecule has 0 aliphatic rings. The summed E-state index contributed by atoms with van der Waals surface area (Å²) in [5.74, 6) is 0.458. The van der Waals surface area contributed by atoms with E-state index in [9.17, 15) is 5.11 Å². The van der Waals surface area contributed by atoms with Crippen LogP contribution in [0.2, 0.25) is 0 Å². The molecule has 0 unspecified atom stereocenters. The highest BCUT2D eigenvalue weighted by Crippen LogP contribution is 2.35. The fourth-order valence-corrected chi connectivity index (χ4v) is 2.57. The van der Waals surface area contributed by atoms with Crippen LogP contribution in [-0.2, 0) is 0 Å². The molecule has 6 heteroatoms. The Bertz CT molecular complexity index is 897. The third-order valence-corrected chi connectivity index (χ3v) is 3.91. The fourth-order valence-electron chi connectivity index (χ4n) is 2.41. The van der Waals surface area contributed by atoms with Crippen LogP contribution >= 0.6 is 12.2 Å². The van der Waals surface area contributed by atoms with Crippen LogP contribution in [0, 0.1) is 0 Å². The van der Waals surface area contributed by atoms with Crippen molar-refractivity contribution in [2.45, 2.75) is 19.8 Å². The molecule has 3 rings (SSSR count). The van der Waals surface area contributed by atoms with Crippen LogP contribution in [0.25, 0.3) is 10.9 Å². The monoisotopic (exact) mass is 338 g/mol. The van der Waals surface area contributed by atoms with Gasteiger partial charge in [0, 0.05) is 11.1 Å². The van der Waals surface area contributed by atoms with Crippen LogP contribution < -0.4 is 5.32 Å². The van der Waals surface area contributed by atoms with Crippen LogP contribution in [0.15, 0.2) is 58.8 Å². The van der Waals surface area contributed by atoms with Gasteiger partial charge in [-0.2, -0.15) is 0 Å². The summed E-state index contributed by atoms with van der Waals surface area (Å²) in [5, 5.41) is 22.1. The first-order chi connectivity index (χ1) is 11.5. The number of aromatic hydroxyl groups is 1. The first-order valence-corrected chi connectivity index (χ1v) is 8.08. The summed E-state index contributed by atoms with van der Waals surface area (Å²) in [5.41, 5.74) is 3.29. The van der Waals surface area contributed by atoms with Crippen molar-refractivity contribution >= 4 is 39.6 Å². The number of hydrogen-bond donors (Lipinski definition) is 3. The van der Waals surface area contributed by atoms with Crippen molar-refractivity contribution in [1.82, 2.24) is 4.98 Å². The molecule has 0 saturated carbocycles. The van der Waals surface area contributed by atoms with Crippen molar-refractivity contribution in [3.05, 3.63) is 54.1 Å². The largest absolute Gasteiger partial charge is 0.493 e. The predicted molar refractivity (Wildman–Crippen MR) is 101 cm³/mol. The van der Waals surface area contributed by atoms with Gasteiger partial charge in [0.15, 0.2) is 5.69 Å². The summed E-state index contributed by atoms with van der Waals surface area (Å²) in [7, 11) is 0. The van der Waals surface area contributed by atoms with Crippen molar-refractivity contribution in [1.29, 1.82) is 0 Å². The van der Waals surface area contributed by atoms with E-state index in [1.54, 1.807) is 0 Å². The summed E-state index contributed by atoms with van der Waals surface area (Å²) >= 11 is 5.20. The number of aromatic nitrogens is 1. The molecular weight excluding hydrogens is 320 g/mol. The molecule has 5 nitrogen and oxygen atoms in total. The Hall–Kier alpha value is -2.73. The lowest BCUT2D eigenvalue weighted by molar-refractivity contribution is 0.459. The molecule has 0 bridgehead atoms. The van der Waals surface area contributed by atoms with Gasteiger partial charge in [-0.15, -0.1) is 10.2 Å². The van der Waals surface area contributed by atoms with Crippen molar-refractivity contribution < 1.29 is 5.11 Å². The zero-order valence-electron chi connectivity index (χ0n) is 13.4. The Balaban J connectivity index is 1.74. The van der Waals surface area contributed by atoms with E-state index in [0.29, 0.717) is 11.6 Å². The number of anilines is 1. The fraction of sp³-hybridized carbons (Fsp3) is 0.167. The van der Waals surface area contributed by atoms with Crippen molar-refractivity contribution in [3.63, 3.8) is 0 Å². The van der Waals surface area contributed by atoms with Gasteiger partial charge in [-0.1, -0.05) is 44.2 Å². The lowest BCUT2D eigenvalue weighted by atomic mass is 10.0. The quantitative estimate of drug-likeness (QED) is 0.437. The summed E-state index contributed by atoms with van der Waals surface area (Å²) in [4.78, 5) is 2.86. The van der Waals surface area contributed by atoms with E-state index >= 15 is 0 Å². The summed E-state index contributed by atoms with van der Waals surface area (Å²) < 4.78 is 0. The van der Waals surface area contributed by atoms with Crippen molar-refractivity contribution in [3.8, 4) is 5.88 Å². The molecule has 1 heterocycles. The number of aromatic amines is 1. The highest BCUT2D eigenvalue weighted by Gasteiger charge is 2.09. The number of nitrogens with one attached hydrogen (secondary N) is 2. The van der Waals surface area contributed by atoms with Gasteiger partial charge in [0.05, 0.1) is 5.52 Å². The second-order valence-electron chi connectivity index (χ2n) is 5.77. The van der Waals surface area contributed by atoms with E-state index in [2.05, 4.69) is 46.5 Å². The molecule has 3 aromatic rings. The van der Waals surface area contributed by atoms with Crippen molar-refractivity contribution in [2.75, 3.05) is 5.32 Å². The molecule has 0 spiro atoms. The van der Waals surface area contributed by atoms with Crippen LogP contribution in [0.1, 0.15) is 25.3 Å². The van der Waals surface area contributed by atoms with E-state index < -0.39 is 0 Å². The van der Waals surface area contributed by atoms with Crippen LogP contribution in [0.5, 0.6) is 5.88 Å². The number of azo groups is 1. The third-order valence-electron chi connectivity index (χ3n) is 3.73. The van der Waals surface area contributed by atoms with E-state index in [1.165, 1.54) is 5.56 Å². The van der Waals surface area contributed by atoms with Crippen molar-refractivity contribution in [2.24, 2.45) is 10.2 Å². The molecule has 0 amide bonds. The van der Waals surface area contributed by atoms with E-state index in [1.807, 2.05) is 36.4 Å². The zero-order chi connectivity index (χ0) is 17.1. The number of nitrogens with zero attached hydrogens (tertiary/aromatic N) is 2. The normalized spacial score (nSPS) is 11.5. The molecular formula is C18H18N4OS. The molecule has 0 saturated heterocycles. The summed E-state index contributed by atoms with van der Waals surface area (Å²) in [6.45, 7) is 4.30. The number of benzene rings is 2.